The first-order valence-electron chi connectivity index (χ1n) is 7.24. The lowest BCUT2D eigenvalue weighted by molar-refractivity contribution is -0.126. The summed E-state index contributed by atoms with van der Waals surface area (Å²) in [5.74, 6) is 0.464. The van der Waals surface area contributed by atoms with Crippen LogP contribution in [0.15, 0.2) is 35.1 Å². The average Bonchev–Trinajstić information content (AvgIpc) is 2.42. The van der Waals surface area contributed by atoms with Crippen LogP contribution in [0.2, 0.25) is 0 Å². The molecule has 5 heteroatoms. The summed E-state index contributed by atoms with van der Waals surface area (Å²) in [6.07, 6.45) is 0. The predicted molar refractivity (Wildman–Crippen MR) is 81.9 cm³/mol. The highest BCUT2D eigenvalue weighted by atomic mass is 16.2. The SMILES string of the molecule is CC(C(=O)NCc1cc(=O)[nH]c2ccccc12)C1CNC1. The van der Waals surface area contributed by atoms with Gasteiger partial charge in [0.05, 0.1) is 0 Å². The number of carbonyl (C=O) groups excluding carboxylic acids is 1. The average molecular weight is 285 g/mol. The summed E-state index contributed by atoms with van der Waals surface area (Å²) in [4.78, 5) is 26.6. The molecule has 1 aliphatic rings. The fourth-order valence-corrected chi connectivity index (χ4v) is 2.65. The minimum absolute atomic E-state index is 0.000453. The molecular weight excluding hydrogens is 266 g/mol. The maximum absolute atomic E-state index is 12.1. The van der Waals surface area contributed by atoms with Crippen molar-refractivity contribution in [2.24, 2.45) is 11.8 Å². The molecule has 1 fully saturated rings. The van der Waals surface area contributed by atoms with E-state index in [9.17, 15) is 9.59 Å². The van der Waals surface area contributed by atoms with Crippen molar-refractivity contribution < 1.29 is 4.79 Å². The van der Waals surface area contributed by atoms with E-state index in [-0.39, 0.29) is 17.4 Å². The van der Waals surface area contributed by atoms with Crippen molar-refractivity contribution in [1.82, 2.24) is 15.6 Å². The molecule has 3 N–H and O–H groups in total. The number of rotatable bonds is 4. The Hall–Kier alpha value is -2.14. The summed E-state index contributed by atoms with van der Waals surface area (Å²) >= 11 is 0. The third kappa shape index (κ3) is 2.83. The first-order chi connectivity index (χ1) is 10.1. The van der Waals surface area contributed by atoms with Crippen molar-refractivity contribution in [1.29, 1.82) is 0 Å². The lowest BCUT2D eigenvalue weighted by Gasteiger charge is -2.31. The number of hydrogen-bond donors (Lipinski definition) is 3. The predicted octanol–water partition coefficient (Wildman–Crippen LogP) is 1.000. The molecule has 1 aromatic carbocycles. The third-order valence-electron chi connectivity index (χ3n) is 4.22. The summed E-state index contributed by atoms with van der Waals surface area (Å²) < 4.78 is 0. The van der Waals surface area contributed by atoms with E-state index in [4.69, 9.17) is 0 Å². The Kier molecular flexibility index (Phi) is 3.75. The fraction of sp³-hybridized carbons (Fsp3) is 0.375. The maximum atomic E-state index is 12.1. The number of pyridine rings is 1. The number of benzene rings is 1. The topological polar surface area (TPSA) is 74.0 Å². The monoisotopic (exact) mass is 285 g/mol. The molecule has 0 aliphatic carbocycles. The minimum atomic E-state index is -0.144. The van der Waals surface area contributed by atoms with Crippen LogP contribution in [0.25, 0.3) is 10.9 Å². The molecule has 1 aliphatic heterocycles. The molecule has 2 heterocycles. The minimum Gasteiger partial charge on any atom is -0.352 e. The Morgan fingerprint density at radius 1 is 1.38 bits per heavy atom. The second-order valence-corrected chi connectivity index (χ2v) is 5.63. The quantitative estimate of drug-likeness (QED) is 0.784. The van der Waals surface area contributed by atoms with Crippen molar-refractivity contribution in [2.45, 2.75) is 13.5 Å². The van der Waals surface area contributed by atoms with E-state index >= 15 is 0 Å². The Balaban J connectivity index is 1.75. The molecule has 0 radical (unpaired) electrons. The van der Waals surface area contributed by atoms with E-state index in [1.165, 1.54) is 0 Å². The summed E-state index contributed by atoms with van der Waals surface area (Å²) in [6.45, 7) is 4.15. The largest absolute Gasteiger partial charge is 0.352 e. The van der Waals surface area contributed by atoms with Crippen LogP contribution in [0.4, 0.5) is 0 Å². The van der Waals surface area contributed by atoms with Gasteiger partial charge in [0.1, 0.15) is 0 Å². The highest BCUT2D eigenvalue weighted by molar-refractivity contribution is 5.83. The summed E-state index contributed by atoms with van der Waals surface area (Å²) in [5, 5.41) is 7.09. The number of aromatic amines is 1. The van der Waals surface area contributed by atoms with Gasteiger partial charge in [-0.3, -0.25) is 9.59 Å². The zero-order chi connectivity index (χ0) is 14.8. The van der Waals surface area contributed by atoms with Crippen LogP contribution in [-0.2, 0) is 11.3 Å². The standard InChI is InChI=1S/C16H19N3O2/c1-10(12-7-17-8-12)16(21)18-9-11-6-15(20)19-14-5-3-2-4-13(11)14/h2-6,10,12,17H,7-9H2,1H3,(H,18,21)(H,19,20). The van der Waals surface area contributed by atoms with Gasteiger partial charge in [0.15, 0.2) is 0 Å². The fourth-order valence-electron chi connectivity index (χ4n) is 2.65. The number of carbonyl (C=O) groups is 1. The van der Waals surface area contributed by atoms with Crippen molar-refractivity contribution in [3.63, 3.8) is 0 Å². The van der Waals surface area contributed by atoms with Gasteiger partial charge in [-0.2, -0.15) is 0 Å². The van der Waals surface area contributed by atoms with Crippen molar-refractivity contribution in [3.05, 3.63) is 46.2 Å². The first-order valence-corrected chi connectivity index (χ1v) is 7.24. The maximum Gasteiger partial charge on any atom is 0.248 e. The van der Waals surface area contributed by atoms with E-state index < -0.39 is 0 Å². The normalized spacial score (nSPS) is 16.4. The van der Waals surface area contributed by atoms with Crippen molar-refractivity contribution in [3.8, 4) is 0 Å². The number of aromatic nitrogens is 1. The number of nitrogens with one attached hydrogen (secondary N) is 3. The molecule has 2 aromatic rings. The van der Waals surface area contributed by atoms with Crippen LogP contribution in [0, 0.1) is 11.8 Å². The van der Waals surface area contributed by atoms with Crippen LogP contribution in [0.5, 0.6) is 0 Å². The molecule has 5 nitrogen and oxygen atoms in total. The van der Waals surface area contributed by atoms with Crippen LogP contribution >= 0.6 is 0 Å². The summed E-state index contributed by atoms with van der Waals surface area (Å²) in [7, 11) is 0. The number of amides is 1. The molecule has 3 rings (SSSR count). The van der Waals surface area contributed by atoms with Gasteiger partial charge >= 0.3 is 0 Å². The lowest BCUT2D eigenvalue weighted by Crippen LogP contribution is -2.49. The lowest BCUT2D eigenvalue weighted by atomic mass is 9.88. The van der Waals surface area contributed by atoms with Gasteiger partial charge in [-0.15, -0.1) is 0 Å². The Morgan fingerprint density at radius 2 is 2.14 bits per heavy atom. The summed E-state index contributed by atoms with van der Waals surface area (Å²) in [6, 6.07) is 9.18. The first kappa shape index (κ1) is 13.8. The van der Waals surface area contributed by atoms with Crippen molar-refractivity contribution >= 4 is 16.8 Å². The molecule has 0 saturated carbocycles. The Labute approximate surface area is 122 Å². The zero-order valence-corrected chi connectivity index (χ0v) is 12.0. The number of para-hydroxylation sites is 1. The molecule has 110 valence electrons. The van der Waals surface area contributed by atoms with Crippen LogP contribution in [0.1, 0.15) is 12.5 Å². The van der Waals surface area contributed by atoms with E-state index in [2.05, 4.69) is 15.6 Å². The van der Waals surface area contributed by atoms with Crippen molar-refractivity contribution in [2.75, 3.05) is 13.1 Å². The highest BCUT2D eigenvalue weighted by Crippen LogP contribution is 2.17. The zero-order valence-electron chi connectivity index (χ0n) is 12.0. The molecule has 0 bridgehead atoms. The smallest absolute Gasteiger partial charge is 0.248 e. The number of fused-ring (bicyclic) bond motifs is 1. The molecule has 0 spiro atoms. The number of hydrogen-bond acceptors (Lipinski definition) is 3. The molecule has 1 aromatic heterocycles. The van der Waals surface area contributed by atoms with Gasteiger partial charge in [0.2, 0.25) is 11.5 Å². The molecular formula is C16H19N3O2. The van der Waals surface area contributed by atoms with Crippen LogP contribution in [0.3, 0.4) is 0 Å². The van der Waals surface area contributed by atoms with E-state index in [1.807, 2.05) is 31.2 Å². The third-order valence-corrected chi connectivity index (χ3v) is 4.22. The molecule has 21 heavy (non-hydrogen) atoms. The van der Waals surface area contributed by atoms with E-state index in [0.29, 0.717) is 12.5 Å². The second-order valence-electron chi connectivity index (χ2n) is 5.63. The van der Waals surface area contributed by atoms with Gasteiger partial charge in [-0.05, 0) is 30.6 Å². The van der Waals surface area contributed by atoms with E-state index in [1.54, 1.807) is 6.07 Å². The molecule has 1 amide bonds. The van der Waals surface area contributed by atoms with Gasteiger partial charge in [-0.1, -0.05) is 25.1 Å². The number of H-pyrrole nitrogens is 1. The molecule has 1 saturated heterocycles. The van der Waals surface area contributed by atoms with Gasteiger partial charge in [0, 0.05) is 29.4 Å². The van der Waals surface area contributed by atoms with E-state index in [0.717, 1.165) is 29.6 Å². The van der Waals surface area contributed by atoms with Gasteiger partial charge in [-0.25, -0.2) is 0 Å². The summed E-state index contributed by atoms with van der Waals surface area (Å²) in [5.41, 5.74) is 1.50. The second kappa shape index (κ2) is 5.69. The van der Waals surface area contributed by atoms with Gasteiger partial charge in [0.25, 0.3) is 0 Å². The Bertz CT molecular complexity index is 719. The van der Waals surface area contributed by atoms with Crippen LogP contribution in [-0.4, -0.2) is 24.0 Å². The Morgan fingerprint density at radius 3 is 2.86 bits per heavy atom. The van der Waals surface area contributed by atoms with Gasteiger partial charge < -0.3 is 15.6 Å². The van der Waals surface area contributed by atoms with Crippen LogP contribution < -0.4 is 16.2 Å². The molecule has 1 unspecified atom stereocenters. The molecule has 1 atom stereocenters. The highest BCUT2D eigenvalue weighted by Gasteiger charge is 2.28.